The monoisotopic (exact) mass is 439 g/mol. The van der Waals surface area contributed by atoms with Gasteiger partial charge in [-0.15, -0.1) is 0 Å². The summed E-state index contributed by atoms with van der Waals surface area (Å²) in [6, 6.07) is 2.25. The molecule has 4 saturated carbocycles. The molecule has 6 rings (SSSR count). The Balaban J connectivity index is 1.23. The summed E-state index contributed by atoms with van der Waals surface area (Å²) in [5.41, 5.74) is 2.41. The predicted molar refractivity (Wildman–Crippen MR) is 129 cm³/mol. The normalized spacial score (nSPS) is 44.2. The van der Waals surface area contributed by atoms with Crippen LogP contribution in [0.2, 0.25) is 0 Å². The Morgan fingerprint density at radius 3 is 2.72 bits per heavy atom. The van der Waals surface area contributed by atoms with E-state index in [2.05, 4.69) is 17.9 Å². The molecule has 4 aliphatic carbocycles. The van der Waals surface area contributed by atoms with Gasteiger partial charge in [0.05, 0.1) is 25.7 Å². The largest absolute Gasteiger partial charge is 0.472 e. The fraction of sp³-hybridized carbons (Fsp3) is 0.862. The summed E-state index contributed by atoms with van der Waals surface area (Å²) < 4.78 is 12.2. The first kappa shape index (κ1) is 21.7. The zero-order valence-electron chi connectivity index (χ0n) is 20.4. The summed E-state index contributed by atoms with van der Waals surface area (Å²) in [6.45, 7) is 8.28. The van der Waals surface area contributed by atoms with Crippen LogP contribution in [0.1, 0.15) is 95.5 Å². The van der Waals surface area contributed by atoms with E-state index < -0.39 is 0 Å². The summed E-state index contributed by atoms with van der Waals surface area (Å²) in [4.78, 5) is 2.60. The number of hydrogen-bond acceptors (Lipinski definition) is 3. The lowest BCUT2D eigenvalue weighted by Gasteiger charge is -2.61. The Labute approximate surface area is 195 Å². The lowest BCUT2D eigenvalue weighted by atomic mass is 9.44. The van der Waals surface area contributed by atoms with E-state index in [0.717, 1.165) is 43.4 Å². The minimum Gasteiger partial charge on any atom is -0.472 e. The molecule has 2 heterocycles. The van der Waals surface area contributed by atoms with Crippen LogP contribution in [-0.2, 0) is 4.74 Å². The van der Waals surface area contributed by atoms with Gasteiger partial charge in [-0.05, 0) is 124 Å². The van der Waals surface area contributed by atoms with Crippen molar-refractivity contribution in [3.8, 4) is 0 Å². The van der Waals surface area contributed by atoms with Gasteiger partial charge in [0.2, 0.25) is 0 Å². The summed E-state index contributed by atoms with van der Waals surface area (Å²) in [7, 11) is 0. The van der Waals surface area contributed by atoms with Gasteiger partial charge in [0, 0.05) is 12.0 Å². The van der Waals surface area contributed by atoms with Crippen LogP contribution in [0, 0.1) is 34.5 Å². The fourth-order valence-electron chi connectivity index (χ4n) is 9.82. The quantitative estimate of drug-likeness (QED) is 0.451. The smallest absolute Gasteiger partial charge is 0.0937 e. The Morgan fingerprint density at radius 2 is 1.88 bits per heavy atom. The van der Waals surface area contributed by atoms with Crippen molar-refractivity contribution in [3.05, 3.63) is 24.2 Å². The molecule has 0 unspecified atom stereocenters. The highest BCUT2D eigenvalue weighted by Crippen LogP contribution is 2.69. The van der Waals surface area contributed by atoms with Crippen LogP contribution < -0.4 is 0 Å². The van der Waals surface area contributed by atoms with Gasteiger partial charge in [-0.2, -0.15) is 0 Å². The Hall–Kier alpha value is -0.800. The van der Waals surface area contributed by atoms with Crippen LogP contribution >= 0.6 is 0 Å². The standard InChI is InChI=1S/C29H45NO2/c1-28-13-3-2-6-23(28)7-8-24-26(28)11-14-29(21-32-19-17-30-15-4-5-16-30)25(9-10-27(24)29)22-12-18-31-20-22/h12,18,20,23-27H,2-11,13-17,19,21H2,1H3/t23-,24+,25-,26-,27-,28-,29-/m0/s1. The third-order valence-corrected chi connectivity index (χ3v) is 11.4. The Morgan fingerprint density at radius 1 is 0.969 bits per heavy atom. The minimum atomic E-state index is 0.341. The molecule has 178 valence electrons. The van der Waals surface area contributed by atoms with Crippen LogP contribution in [0.3, 0.4) is 0 Å². The van der Waals surface area contributed by atoms with Crippen molar-refractivity contribution < 1.29 is 9.15 Å². The van der Waals surface area contributed by atoms with Gasteiger partial charge >= 0.3 is 0 Å². The first-order chi connectivity index (χ1) is 15.7. The zero-order valence-corrected chi connectivity index (χ0v) is 20.4. The molecule has 1 aromatic heterocycles. The average molecular weight is 440 g/mol. The molecule has 5 fully saturated rings. The van der Waals surface area contributed by atoms with E-state index in [1.807, 2.05) is 12.5 Å². The molecule has 3 heteroatoms. The number of furan rings is 1. The van der Waals surface area contributed by atoms with E-state index in [1.165, 1.54) is 95.7 Å². The fourth-order valence-corrected chi connectivity index (χ4v) is 9.82. The third kappa shape index (κ3) is 3.52. The van der Waals surface area contributed by atoms with Crippen LogP contribution in [0.15, 0.2) is 23.0 Å². The van der Waals surface area contributed by atoms with Gasteiger partial charge in [0.1, 0.15) is 0 Å². The number of ether oxygens (including phenoxy) is 1. The molecule has 7 atom stereocenters. The molecule has 0 aromatic carbocycles. The molecule has 0 amide bonds. The van der Waals surface area contributed by atoms with Gasteiger partial charge in [-0.3, -0.25) is 0 Å². The lowest BCUT2D eigenvalue weighted by Crippen LogP contribution is -2.54. The molecule has 32 heavy (non-hydrogen) atoms. The number of nitrogens with zero attached hydrogens (tertiary/aromatic N) is 1. The van der Waals surface area contributed by atoms with E-state index in [9.17, 15) is 0 Å². The maximum absolute atomic E-state index is 6.61. The van der Waals surface area contributed by atoms with Crippen LogP contribution in [0.25, 0.3) is 0 Å². The molecular weight excluding hydrogens is 394 g/mol. The third-order valence-electron chi connectivity index (χ3n) is 11.4. The van der Waals surface area contributed by atoms with Crippen molar-refractivity contribution in [3.63, 3.8) is 0 Å². The second-order valence-corrected chi connectivity index (χ2v) is 12.5. The van der Waals surface area contributed by atoms with Crippen molar-refractivity contribution >= 4 is 0 Å². The summed E-state index contributed by atoms with van der Waals surface area (Å²) in [5.74, 6) is 4.39. The Kier molecular flexibility index (Phi) is 5.95. The molecular formula is C29H45NO2. The molecule has 1 saturated heterocycles. The molecule has 0 radical (unpaired) electrons. The molecule has 5 aliphatic rings. The predicted octanol–water partition coefficient (Wildman–Crippen LogP) is 6.89. The van der Waals surface area contributed by atoms with Gasteiger partial charge in [0.25, 0.3) is 0 Å². The molecule has 1 aromatic rings. The molecule has 0 bridgehead atoms. The maximum Gasteiger partial charge on any atom is 0.0937 e. The summed E-state index contributed by atoms with van der Waals surface area (Å²) in [5, 5.41) is 0. The van der Waals surface area contributed by atoms with Gasteiger partial charge in [-0.1, -0.05) is 19.8 Å². The average Bonchev–Trinajstić information content (AvgIpc) is 3.57. The zero-order chi connectivity index (χ0) is 21.6. The molecule has 1 aliphatic heterocycles. The number of hydrogen-bond donors (Lipinski definition) is 0. The van der Waals surface area contributed by atoms with E-state index >= 15 is 0 Å². The number of likely N-dealkylation sites (tertiary alicyclic amines) is 1. The number of fused-ring (bicyclic) bond motifs is 5. The van der Waals surface area contributed by atoms with Crippen molar-refractivity contribution in [2.45, 2.75) is 89.9 Å². The number of rotatable bonds is 6. The van der Waals surface area contributed by atoms with Gasteiger partial charge < -0.3 is 14.1 Å². The highest BCUT2D eigenvalue weighted by Gasteiger charge is 2.61. The SMILES string of the molecule is C[C@]12CCCC[C@H]1CC[C@@H]1[C@@H]2CC[C@]2(COCCN3CCCC3)[C@H](c3ccoc3)CC[C@@H]12. The molecule has 3 nitrogen and oxygen atoms in total. The van der Waals surface area contributed by atoms with Crippen molar-refractivity contribution in [2.24, 2.45) is 34.5 Å². The summed E-state index contributed by atoms with van der Waals surface area (Å²) in [6.07, 6.45) is 21.2. The van der Waals surface area contributed by atoms with Crippen molar-refractivity contribution in [1.29, 1.82) is 0 Å². The van der Waals surface area contributed by atoms with Crippen LogP contribution in [-0.4, -0.2) is 37.7 Å². The van der Waals surface area contributed by atoms with E-state index in [1.54, 1.807) is 0 Å². The minimum absolute atomic E-state index is 0.341. The summed E-state index contributed by atoms with van der Waals surface area (Å²) >= 11 is 0. The van der Waals surface area contributed by atoms with E-state index in [4.69, 9.17) is 9.15 Å². The van der Waals surface area contributed by atoms with E-state index in [0.29, 0.717) is 16.7 Å². The topological polar surface area (TPSA) is 25.6 Å². The first-order valence-corrected chi connectivity index (χ1v) is 14.0. The highest BCUT2D eigenvalue weighted by molar-refractivity contribution is 5.23. The highest BCUT2D eigenvalue weighted by atomic mass is 16.5. The second kappa shape index (κ2) is 8.77. The van der Waals surface area contributed by atoms with E-state index in [-0.39, 0.29) is 0 Å². The van der Waals surface area contributed by atoms with Crippen molar-refractivity contribution in [1.82, 2.24) is 4.90 Å². The van der Waals surface area contributed by atoms with Gasteiger partial charge in [0.15, 0.2) is 0 Å². The lowest BCUT2D eigenvalue weighted by molar-refractivity contribution is -0.128. The Bertz CT molecular complexity index is 755. The van der Waals surface area contributed by atoms with Crippen LogP contribution in [0.5, 0.6) is 0 Å². The second-order valence-electron chi connectivity index (χ2n) is 12.5. The molecule has 0 spiro atoms. The first-order valence-electron chi connectivity index (χ1n) is 14.0. The maximum atomic E-state index is 6.61. The van der Waals surface area contributed by atoms with Gasteiger partial charge in [-0.25, -0.2) is 0 Å². The van der Waals surface area contributed by atoms with Crippen LogP contribution in [0.4, 0.5) is 0 Å². The molecule has 0 N–H and O–H groups in total. The van der Waals surface area contributed by atoms with Crippen molar-refractivity contribution in [2.75, 3.05) is 32.8 Å².